The average Bonchev–Trinajstić information content (AvgIpc) is 2.52. The van der Waals surface area contributed by atoms with E-state index < -0.39 is 0 Å². The van der Waals surface area contributed by atoms with Gasteiger partial charge in [0.05, 0.1) is 7.11 Å². The molecule has 0 radical (unpaired) electrons. The average molecular weight is 293 g/mol. The van der Waals surface area contributed by atoms with Crippen molar-refractivity contribution >= 4 is 0 Å². The van der Waals surface area contributed by atoms with Crippen LogP contribution in [0.4, 0.5) is 4.39 Å². The van der Waals surface area contributed by atoms with Crippen molar-refractivity contribution in [3.05, 3.63) is 29.6 Å². The van der Waals surface area contributed by atoms with E-state index in [4.69, 9.17) is 4.74 Å². The monoisotopic (exact) mass is 293 g/mol. The molecule has 2 nitrogen and oxygen atoms in total. The summed E-state index contributed by atoms with van der Waals surface area (Å²) in [6.07, 6.45) is 6.60. The van der Waals surface area contributed by atoms with E-state index in [2.05, 4.69) is 12.2 Å². The fourth-order valence-electron chi connectivity index (χ4n) is 3.40. The molecule has 1 aliphatic rings. The normalized spacial score (nSPS) is 23.8. The van der Waals surface area contributed by atoms with E-state index in [1.54, 1.807) is 13.2 Å². The minimum absolute atomic E-state index is 0.0231. The van der Waals surface area contributed by atoms with Gasteiger partial charge in [0.25, 0.3) is 0 Å². The zero-order valence-corrected chi connectivity index (χ0v) is 13.5. The van der Waals surface area contributed by atoms with Gasteiger partial charge in [-0.1, -0.05) is 32.3 Å². The molecule has 1 unspecified atom stereocenters. The molecule has 1 aromatic rings. The Morgan fingerprint density at radius 3 is 2.52 bits per heavy atom. The number of benzene rings is 1. The molecule has 0 amide bonds. The van der Waals surface area contributed by atoms with Gasteiger partial charge in [-0.25, -0.2) is 4.39 Å². The summed E-state index contributed by atoms with van der Waals surface area (Å²) in [4.78, 5) is 0. The standard InChI is InChI=1S/C18H28FNO/c1-4-14-8-10-15(11-9-14)12-20-13(2)18-16(19)6-5-7-17(18)21-3/h5-7,13-15,20H,4,8-12H2,1-3H3. The molecule has 0 aliphatic heterocycles. The molecule has 1 aromatic carbocycles. The van der Waals surface area contributed by atoms with Crippen LogP contribution < -0.4 is 10.1 Å². The van der Waals surface area contributed by atoms with E-state index in [0.29, 0.717) is 11.3 Å². The fourth-order valence-corrected chi connectivity index (χ4v) is 3.40. The topological polar surface area (TPSA) is 21.3 Å². The van der Waals surface area contributed by atoms with E-state index in [9.17, 15) is 4.39 Å². The van der Waals surface area contributed by atoms with E-state index in [0.717, 1.165) is 18.4 Å². The van der Waals surface area contributed by atoms with Crippen molar-refractivity contribution in [1.82, 2.24) is 5.32 Å². The van der Waals surface area contributed by atoms with Gasteiger partial charge in [-0.05, 0) is 50.3 Å². The molecule has 1 N–H and O–H groups in total. The van der Waals surface area contributed by atoms with E-state index in [1.807, 2.05) is 13.0 Å². The molecule has 0 aromatic heterocycles. The lowest BCUT2D eigenvalue weighted by molar-refractivity contribution is 0.257. The maximum Gasteiger partial charge on any atom is 0.131 e. The lowest BCUT2D eigenvalue weighted by Crippen LogP contribution is -2.29. The second-order valence-electron chi connectivity index (χ2n) is 6.28. The number of hydrogen-bond donors (Lipinski definition) is 1. The lowest BCUT2D eigenvalue weighted by atomic mass is 9.81. The highest BCUT2D eigenvalue weighted by atomic mass is 19.1. The van der Waals surface area contributed by atoms with E-state index >= 15 is 0 Å². The van der Waals surface area contributed by atoms with E-state index in [1.165, 1.54) is 38.2 Å². The number of methoxy groups -OCH3 is 1. The summed E-state index contributed by atoms with van der Waals surface area (Å²) in [5, 5.41) is 3.50. The third kappa shape index (κ3) is 4.19. The summed E-state index contributed by atoms with van der Waals surface area (Å²) in [7, 11) is 1.59. The first-order chi connectivity index (χ1) is 10.2. The highest BCUT2D eigenvalue weighted by Crippen LogP contribution is 2.31. The number of ether oxygens (including phenoxy) is 1. The Bertz CT molecular complexity index is 441. The molecule has 0 spiro atoms. The van der Waals surface area contributed by atoms with Crippen LogP contribution in [-0.2, 0) is 0 Å². The number of rotatable bonds is 6. The van der Waals surface area contributed by atoms with Crippen molar-refractivity contribution < 1.29 is 9.13 Å². The number of hydrogen-bond acceptors (Lipinski definition) is 2. The van der Waals surface area contributed by atoms with Gasteiger partial charge in [0.2, 0.25) is 0 Å². The first-order valence-corrected chi connectivity index (χ1v) is 8.21. The molecule has 2 rings (SSSR count). The van der Waals surface area contributed by atoms with Crippen molar-refractivity contribution in [1.29, 1.82) is 0 Å². The predicted octanol–water partition coefficient (Wildman–Crippen LogP) is 4.70. The highest BCUT2D eigenvalue weighted by Gasteiger charge is 2.22. The second-order valence-corrected chi connectivity index (χ2v) is 6.28. The molecule has 0 heterocycles. The Balaban J connectivity index is 1.89. The summed E-state index contributed by atoms with van der Waals surface area (Å²) in [6.45, 7) is 5.27. The highest BCUT2D eigenvalue weighted by molar-refractivity contribution is 5.36. The van der Waals surface area contributed by atoms with Crippen LogP contribution in [0.1, 0.15) is 57.6 Å². The van der Waals surface area contributed by atoms with Gasteiger partial charge in [-0.3, -0.25) is 0 Å². The maximum atomic E-state index is 14.0. The van der Waals surface area contributed by atoms with Crippen molar-refractivity contribution in [2.75, 3.05) is 13.7 Å². The van der Waals surface area contributed by atoms with Crippen LogP contribution in [0.25, 0.3) is 0 Å². The zero-order valence-electron chi connectivity index (χ0n) is 13.5. The van der Waals surface area contributed by atoms with Gasteiger partial charge in [0.15, 0.2) is 0 Å². The predicted molar refractivity (Wildman–Crippen MR) is 85.1 cm³/mol. The van der Waals surface area contributed by atoms with Gasteiger partial charge in [-0.2, -0.15) is 0 Å². The third-order valence-corrected chi connectivity index (χ3v) is 4.92. The Hall–Kier alpha value is -1.09. The Morgan fingerprint density at radius 1 is 1.24 bits per heavy atom. The summed E-state index contributed by atoms with van der Waals surface area (Å²) >= 11 is 0. The first-order valence-electron chi connectivity index (χ1n) is 8.21. The summed E-state index contributed by atoms with van der Waals surface area (Å²) in [5.41, 5.74) is 0.641. The van der Waals surface area contributed by atoms with Crippen LogP contribution in [0.15, 0.2) is 18.2 Å². The molecule has 1 atom stereocenters. The molecule has 21 heavy (non-hydrogen) atoms. The first kappa shape index (κ1) is 16.3. The minimum Gasteiger partial charge on any atom is -0.496 e. The summed E-state index contributed by atoms with van der Waals surface area (Å²) < 4.78 is 19.3. The number of nitrogens with one attached hydrogen (secondary N) is 1. The molecule has 1 aliphatic carbocycles. The molecule has 3 heteroatoms. The smallest absolute Gasteiger partial charge is 0.131 e. The Morgan fingerprint density at radius 2 is 1.90 bits per heavy atom. The largest absolute Gasteiger partial charge is 0.496 e. The van der Waals surface area contributed by atoms with Gasteiger partial charge in [0.1, 0.15) is 11.6 Å². The fraction of sp³-hybridized carbons (Fsp3) is 0.667. The zero-order chi connectivity index (χ0) is 15.2. The summed E-state index contributed by atoms with van der Waals surface area (Å²) in [5.74, 6) is 2.09. The Kier molecular flexibility index (Phi) is 6.04. The Labute approximate surface area is 128 Å². The van der Waals surface area contributed by atoms with Crippen LogP contribution in [0.5, 0.6) is 5.75 Å². The quantitative estimate of drug-likeness (QED) is 0.820. The molecular weight excluding hydrogens is 265 g/mol. The third-order valence-electron chi connectivity index (χ3n) is 4.92. The van der Waals surface area contributed by atoms with Crippen LogP contribution in [0.2, 0.25) is 0 Å². The molecule has 0 saturated heterocycles. The molecule has 1 saturated carbocycles. The summed E-state index contributed by atoms with van der Waals surface area (Å²) in [6, 6.07) is 4.99. The van der Waals surface area contributed by atoms with Gasteiger partial charge in [-0.15, -0.1) is 0 Å². The van der Waals surface area contributed by atoms with Crippen molar-refractivity contribution in [3.63, 3.8) is 0 Å². The van der Waals surface area contributed by atoms with Crippen molar-refractivity contribution in [2.24, 2.45) is 11.8 Å². The molecule has 118 valence electrons. The minimum atomic E-state index is -0.191. The van der Waals surface area contributed by atoms with E-state index in [-0.39, 0.29) is 11.9 Å². The SMILES string of the molecule is CCC1CCC(CNC(C)c2c(F)cccc2OC)CC1. The van der Waals surface area contributed by atoms with Crippen LogP contribution in [0.3, 0.4) is 0 Å². The molecular formula is C18H28FNO. The molecule has 0 bridgehead atoms. The van der Waals surface area contributed by atoms with Crippen molar-refractivity contribution in [3.8, 4) is 5.75 Å². The van der Waals surface area contributed by atoms with Crippen LogP contribution in [-0.4, -0.2) is 13.7 Å². The second kappa shape index (κ2) is 7.79. The van der Waals surface area contributed by atoms with Crippen molar-refractivity contribution in [2.45, 2.75) is 52.0 Å². The maximum absolute atomic E-state index is 14.0. The van der Waals surface area contributed by atoms with Gasteiger partial charge < -0.3 is 10.1 Å². The van der Waals surface area contributed by atoms with Crippen LogP contribution >= 0.6 is 0 Å². The number of halogens is 1. The van der Waals surface area contributed by atoms with Gasteiger partial charge >= 0.3 is 0 Å². The lowest BCUT2D eigenvalue weighted by Gasteiger charge is -2.29. The molecule has 1 fully saturated rings. The van der Waals surface area contributed by atoms with Crippen LogP contribution in [0, 0.1) is 17.7 Å². The van der Waals surface area contributed by atoms with Gasteiger partial charge in [0, 0.05) is 11.6 Å².